The summed E-state index contributed by atoms with van der Waals surface area (Å²) in [5, 5.41) is 12.6. The maximum atomic E-state index is 9.24. The number of ether oxygens (including phenoxy) is 2. The smallest absolute Gasteiger partial charge is 0.346 e. The van der Waals surface area contributed by atoms with E-state index in [2.05, 4.69) is 23.2 Å². The molecule has 0 aromatic carbocycles. The molecule has 2 aliphatic heterocycles. The highest BCUT2D eigenvalue weighted by atomic mass is 31.1. The van der Waals surface area contributed by atoms with Crippen LogP contribution in [0.4, 0.5) is 0 Å². The van der Waals surface area contributed by atoms with E-state index in [0.29, 0.717) is 13.2 Å². The van der Waals surface area contributed by atoms with Crippen LogP contribution >= 0.6 is 7.92 Å². The van der Waals surface area contributed by atoms with Gasteiger partial charge in [-0.15, -0.1) is 0 Å². The minimum Gasteiger partial charge on any atom is -0.394 e. The monoisotopic (exact) mass is 305 g/mol. The van der Waals surface area contributed by atoms with Gasteiger partial charge in [0.1, 0.15) is 12.9 Å². The lowest BCUT2D eigenvalue weighted by Gasteiger charge is -2.31. The molecule has 116 valence electrons. The zero-order valence-electron chi connectivity index (χ0n) is 12.3. The number of aliphatic hydroxyl groups excluding tert-OH is 1. The summed E-state index contributed by atoms with van der Waals surface area (Å²) < 4.78 is 19.5. The molecule has 2 fully saturated rings. The van der Waals surface area contributed by atoms with Crippen molar-refractivity contribution in [2.75, 3.05) is 39.4 Å². The Bertz CT molecular complexity index is 331. The van der Waals surface area contributed by atoms with Gasteiger partial charge in [-0.3, -0.25) is 0 Å². The topological polar surface area (TPSA) is 63.2 Å². The van der Waals surface area contributed by atoms with Crippen molar-refractivity contribution in [1.82, 2.24) is 9.99 Å². The highest BCUT2D eigenvalue weighted by molar-refractivity contribution is 7.48. The third kappa shape index (κ3) is 4.74. The van der Waals surface area contributed by atoms with Crippen molar-refractivity contribution < 1.29 is 19.1 Å². The summed E-state index contributed by atoms with van der Waals surface area (Å²) in [6, 6.07) is 0. The first kappa shape index (κ1) is 16.3. The van der Waals surface area contributed by atoms with Crippen LogP contribution in [0.25, 0.3) is 0 Å². The van der Waals surface area contributed by atoms with Crippen molar-refractivity contribution in [2.24, 2.45) is 0 Å². The predicted molar refractivity (Wildman–Crippen MR) is 80.2 cm³/mol. The molecule has 0 aliphatic carbocycles. The van der Waals surface area contributed by atoms with Gasteiger partial charge in [-0.05, 0) is 13.8 Å². The molecular weight excluding hydrogens is 279 g/mol. The minimum absolute atomic E-state index is 0.0389. The molecule has 2 heterocycles. The molecule has 0 bridgehead atoms. The van der Waals surface area contributed by atoms with Crippen molar-refractivity contribution in [2.45, 2.75) is 38.3 Å². The molecule has 0 radical (unpaired) electrons. The Labute approximate surface area is 121 Å². The van der Waals surface area contributed by atoms with Crippen LogP contribution in [0.5, 0.6) is 0 Å². The molecule has 5 unspecified atom stereocenters. The van der Waals surface area contributed by atoms with Gasteiger partial charge in [0.2, 0.25) is 0 Å². The predicted octanol–water partition coefficient (Wildman–Crippen LogP) is 0.205. The Morgan fingerprint density at radius 3 is 2.70 bits per heavy atom. The number of hydrogen-bond donors (Lipinski definition) is 2. The molecule has 0 aromatic rings. The second-order valence-corrected chi connectivity index (χ2v) is 7.03. The summed E-state index contributed by atoms with van der Waals surface area (Å²) in [5.74, 6) is 0. The van der Waals surface area contributed by atoms with Gasteiger partial charge in [-0.1, -0.05) is 4.67 Å². The number of nitrogens with zero attached hydrogens (tertiary/aromatic N) is 1. The van der Waals surface area contributed by atoms with Gasteiger partial charge < -0.3 is 19.9 Å². The molecule has 2 N–H and O–H groups in total. The Kier molecular flexibility index (Phi) is 6.36. The first-order valence-corrected chi connectivity index (χ1v) is 8.59. The van der Waals surface area contributed by atoms with Crippen LogP contribution in [0.15, 0.2) is 0 Å². The van der Waals surface area contributed by atoms with E-state index in [4.69, 9.17) is 14.0 Å². The van der Waals surface area contributed by atoms with Crippen LogP contribution in [-0.2, 0) is 14.0 Å². The third-order valence-corrected chi connectivity index (χ3v) is 4.87. The number of rotatable bonds is 5. The minimum atomic E-state index is -0.912. The number of nitrogens with one attached hydrogen (secondary N) is 1. The van der Waals surface area contributed by atoms with Gasteiger partial charge in [-0.25, -0.2) is 0 Å². The van der Waals surface area contributed by atoms with Crippen LogP contribution in [0.1, 0.15) is 13.8 Å². The number of hydrogen-bond acceptors (Lipinski definition) is 6. The fraction of sp³-hybridized carbons (Fsp3) is 0.923. The highest BCUT2D eigenvalue weighted by Crippen LogP contribution is 2.31. The maximum absolute atomic E-state index is 9.24. The van der Waals surface area contributed by atoms with Gasteiger partial charge in [0, 0.05) is 13.1 Å². The van der Waals surface area contributed by atoms with Crippen LogP contribution < -0.4 is 5.32 Å². The fourth-order valence-corrected chi connectivity index (χ4v) is 3.80. The van der Waals surface area contributed by atoms with Gasteiger partial charge in [-0.2, -0.15) is 4.52 Å². The summed E-state index contributed by atoms with van der Waals surface area (Å²) >= 11 is 0. The summed E-state index contributed by atoms with van der Waals surface area (Å²) in [6.45, 7) is 7.86. The molecule has 2 rings (SSSR count). The fourth-order valence-electron chi connectivity index (χ4n) is 2.53. The molecule has 6 nitrogen and oxygen atoms in total. The molecule has 7 heteroatoms. The van der Waals surface area contributed by atoms with Gasteiger partial charge in [0.15, 0.2) is 0 Å². The van der Waals surface area contributed by atoms with Crippen LogP contribution in [0.3, 0.4) is 0 Å². The van der Waals surface area contributed by atoms with E-state index >= 15 is 0 Å². The quantitative estimate of drug-likeness (QED) is 0.708. The lowest BCUT2D eigenvalue weighted by atomic mass is 10.2. The zero-order chi connectivity index (χ0) is 14.5. The van der Waals surface area contributed by atoms with Gasteiger partial charge >= 0.3 is 7.92 Å². The van der Waals surface area contributed by atoms with E-state index in [1.165, 1.54) is 0 Å². The zero-order valence-corrected chi connectivity index (χ0v) is 13.2. The van der Waals surface area contributed by atoms with Crippen molar-refractivity contribution >= 4 is 14.2 Å². The van der Waals surface area contributed by atoms with Crippen molar-refractivity contribution in [3.63, 3.8) is 0 Å². The SMILES string of the molecule is C=[P+](OCC1CNCC(C)O1)N1CC(C)OC(CO)C1. The van der Waals surface area contributed by atoms with E-state index < -0.39 is 7.92 Å². The first-order valence-electron chi connectivity index (χ1n) is 7.19. The Balaban J connectivity index is 1.76. The average molecular weight is 305 g/mol. The average Bonchev–Trinajstić information content (AvgIpc) is 2.44. The number of morpholine rings is 2. The van der Waals surface area contributed by atoms with Crippen molar-refractivity contribution in [3.8, 4) is 0 Å². The molecule has 0 aromatic heterocycles. The lowest BCUT2D eigenvalue weighted by Crippen LogP contribution is -2.46. The summed E-state index contributed by atoms with van der Waals surface area (Å²) in [4.78, 5) is 0. The standard InChI is InChI=1S/C13H26N2O4P/c1-10-4-14-5-12(18-10)9-17-20(3)15-6-11(2)19-13(7-15)8-16/h10-14,16H,3-9H2,1-2H3/q+1. The van der Waals surface area contributed by atoms with Crippen LogP contribution in [0, 0.1) is 0 Å². The van der Waals surface area contributed by atoms with E-state index in [1.807, 2.05) is 6.92 Å². The molecule has 5 atom stereocenters. The van der Waals surface area contributed by atoms with Crippen molar-refractivity contribution in [3.05, 3.63) is 0 Å². The molecular formula is C13H26N2O4P+. The second-order valence-electron chi connectivity index (χ2n) is 5.50. The summed E-state index contributed by atoms with van der Waals surface area (Å²) in [6.07, 6.45) is 4.41. The van der Waals surface area contributed by atoms with E-state index in [0.717, 1.165) is 19.6 Å². The second kappa shape index (κ2) is 7.80. The van der Waals surface area contributed by atoms with E-state index in [1.54, 1.807) is 0 Å². The normalized spacial score (nSPS) is 36.9. The third-order valence-electron chi connectivity index (χ3n) is 3.46. The van der Waals surface area contributed by atoms with E-state index in [9.17, 15) is 5.11 Å². The first-order chi connectivity index (χ1) is 9.58. The number of aliphatic hydroxyl groups is 1. The molecule has 0 saturated carbocycles. The lowest BCUT2D eigenvalue weighted by molar-refractivity contribution is -0.0774. The van der Waals surface area contributed by atoms with Gasteiger partial charge in [0.25, 0.3) is 0 Å². The largest absolute Gasteiger partial charge is 0.394 e. The van der Waals surface area contributed by atoms with Crippen molar-refractivity contribution in [1.29, 1.82) is 0 Å². The summed E-state index contributed by atoms with van der Waals surface area (Å²) in [7, 11) is -0.912. The maximum Gasteiger partial charge on any atom is 0.346 e. The molecule has 20 heavy (non-hydrogen) atoms. The highest BCUT2D eigenvalue weighted by Gasteiger charge is 2.34. The summed E-state index contributed by atoms with van der Waals surface area (Å²) in [5.41, 5.74) is 0. The van der Waals surface area contributed by atoms with E-state index in [-0.39, 0.29) is 31.0 Å². The molecule has 0 amide bonds. The van der Waals surface area contributed by atoms with Crippen LogP contribution in [0.2, 0.25) is 0 Å². The molecule has 0 spiro atoms. The molecule has 2 aliphatic rings. The Morgan fingerprint density at radius 2 is 2.00 bits per heavy atom. The Hall–Kier alpha value is -0.0700. The molecule has 2 saturated heterocycles. The van der Waals surface area contributed by atoms with Crippen LogP contribution in [-0.4, -0.2) is 79.9 Å². The Morgan fingerprint density at radius 1 is 1.25 bits per heavy atom. The van der Waals surface area contributed by atoms with Gasteiger partial charge in [0.05, 0.1) is 44.1 Å².